The fourth-order valence-corrected chi connectivity index (χ4v) is 5.85. The van der Waals surface area contributed by atoms with E-state index < -0.39 is 5.41 Å². The summed E-state index contributed by atoms with van der Waals surface area (Å²) in [5.41, 5.74) is 2.50. The Morgan fingerprint density at radius 3 is 2.61 bits per heavy atom. The number of hydrogen-bond acceptors (Lipinski definition) is 4. The van der Waals surface area contributed by atoms with Crippen LogP contribution >= 0.6 is 23.4 Å². The molecule has 1 saturated carbocycles. The van der Waals surface area contributed by atoms with Gasteiger partial charge in [0.25, 0.3) is 0 Å². The third kappa shape index (κ3) is 4.89. The fourth-order valence-electron chi connectivity index (χ4n) is 4.44. The second-order valence-electron chi connectivity index (χ2n) is 10.3. The molecule has 1 unspecified atom stereocenters. The van der Waals surface area contributed by atoms with E-state index >= 15 is 0 Å². The normalized spacial score (nSPS) is 18.1. The molecule has 2 heterocycles. The number of carbonyl (C=O) groups is 2. The van der Waals surface area contributed by atoms with Crippen molar-refractivity contribution in [3.8, 4) is 5.69 Å². The molecule has 2 aliphatic rings. The van der Waals surface area contributed by atoms with Crippen molar-refractivity contribution < 1.29 is 14.0 Å². The Morgan fingerprint density at radius 2 is 1.94 bits per heavy atom. The van der Waals surface area contributed by atoms with Crippen LogP contribution < -0.4 is 10.2 Å². The standard InChI is InChI=1S/C27H28ClFN4O2S/c1-27(2,3)25-23-24(16-7-6-8-17(29)13-16)36-15-22(35)32(14-21(34)30-18-11-12-18)26(23)33(31-25)20-10-5-4-9-19(20)28/h4-10,13,18,24H,11-12,14-15H2,1-3H3,(H,30,34). The number of halogens is 2. The van der Waals surface area contributed by atoms with Gasteiger partial charge in [0.2, 0.25) is 11.8 Å². The number of anilines is 1. The fraction of sp³-hybridized carbons (Fsp3) is 0.370. The lowest BCUT2D eigenvalue weighted by Crippen LogP contribution is -2.43. The molecule has 0 saturated heterocycles. The third-order valence-corrected chi connectivity index (χ3v) is 7.85. The van der Waals surface area contributed by atoms with E-state index in [9.17, 15) is 14.0 Å². The zero-order valence-electron chi connectivity index (χ0n) is 20.4. The molecule has 3 aromatic rings. The first kappa shape index (κ1) is 24.8. The van der Waals surface area contributed by atoms with Gasteiger partial charge in [0.1, 0.15) is 18.2 Å². The van der Waals surface area contributed by atoms with Crippen LogP contribution in [0, 0.1) is 5.82 Å². The Morgan fingerprint density at radius 1 is 1.19 bits per heavy atom. The van der Waals surface area contributed by atoms with Gasteiger partial charge in [-0.25, -0.2) is 9.07 Å². The highest BCUT2D eigenvalue weighted by molar-refractivity contribution is 8.00. The maximum Gasteiger partial charge on any atom is 0.240 e. The number of fused-ring (bicyclic) bond motifs is 1. The highest BCUT2D eigenvalue weighted by Gasteiger charge is 2.40. The average Bonchev–Trinajstić information content (AvgIpc) is 3.56. The van der Waals surface area contributed by atoms with Crippen LogP contribution in [0.5, 0.6) is 0 Å². The van der Waals surface area contributed by atoms with Crippen molar-refractivity contribution in [2.24, 2.45) is 0 Å². The van der Waals surface area contributed by atoms with Gasteiger partial charge in [-0.1, -0.05) is 56.6 Å². The van der Waals surface area contributed by atoms with E-state index in [1.807, 2.05) is 24.3 Å². The molecule has 9 heteroatoms. The lowest BCUT2D eigenvalue weighted by molar-refractivity contribution is -0.123. The van der Waals surface area contributed by atoms with Crippen molar-refractivity contribution in [1.82, 2.24) is 15.1 Å². The number of hydrogen-bond donors (Lipinski definition) is 1. The van der Waals surface area contributed by atoms with Crippen molar-refractivity contribution in [2.45, 2.75) is 50.3 Å². The van der Waals surface area contributed by atoms with Gasteiger partial charge in [-0.05, 0) is 42.7 Å². The molecular weight excluding hydrogens is 499 g/mol. The first-order chi connectivity index (χ1) is 17.1. The summed E-state index contributed by atoms with van der Waals surface area (Å²) in [4.78, 5) is 28.0. The zero-order chi connectivity index (χ0) is 25.6. The maximum absolute atomic E-state index is 14.3. The molecule has 2 amide bonds. The van der Waals surface area contributed by atoms with Gasteiger partial charge < -0.3 is 5.32 Å². The molecule has 0 bridgehead atoms. The van der Waals surface area contributed by atoms with Crippen LogP contribution in [-0.4, -0.2) is 39.9 Å². The second kappa shape index (κ2) is 9.56. The van der Waals surface area contributed by atoms with E-state index in [1.165, 1.54) is 28.8 Å². The van der Waals surface area contributed by atoms with Gasteiger partial charge in [0.05, 0.1) is 27.4 Å². The van der Waals surface area contributed by atoms with Crippen molar-refractivity contribution in [3.05, 3.63) is 76.2 Å². The molecule has 1 aliphatic heterocycles. The highest BCUT2D eigenvalue weighted by atomic mass is 35.5. The van der Waals surface area contributed by atoms with E-state index in [0.717, 1.165) is 29.7 Å². The molecule has 1 atom stereocenters. The van der Waals surface area contributed by atoms with Crippen LogP contribution in [0.1, 0.15) is 55.7 Å². The number of benzene rings is 2. The lowest BCUT2D eigenvalue weighted by atomic mass is 9.87. The summed E-state index contributed by atoms with van der Waals surface area (Å²) in [6, 6.07) is 13.9. The Labute approximate surface area is 219 Å². The number of amides is 2. The van der Waals surface area contributed by atoms with E-state index in [2.05, 4.69) is 26.1 Å². The minimum absolute atomic E-state index is 0.126. The maximum atomic E-state index is 14.3. The molecule has 0 radical (unpaired) electrons. The second-order valence-corrected chi connectivity index (χ2v) is 11.8. The van der Waals surface area contributed by atoms with Crippen LogP contribution in [0.4, 0.5) is 10.2 Å². The van der Waals surface area contributed by atoms with Gasteiger partial charge in [-0.2, -0.15) is 5.10 Å². The van der Waals surface area contributed by atoms with Crippen molar-refractivity contribution in [3.63, 3.8) is 0 Å². The average molecular weight is 527 g/mol. The third-order valence-electron chi connectivity index (χ3n) is 6.28. The first-order valence-electron chi connectivity index (χ1n) is 12.0. The summed E-state index contributed by atoms with van der Waals surface area (Å²) in [6.45, 7) is 6.03. The Kier molecular flexibility index (Phi) is 6.59. The Balaban J connectivity index is 1.76. The van der Waals surface area contributed by atoms with Gasteiger partial charge >= 0.3 is 0 Å². The number of para-hydroxylation sites is 1. The van der Waals surface area contributed by atoms with Crippen LogP contribution in [-0.2, 0) is 15.0 Å². The molecule has 6 nitrogen and oxygen atoms in total. The lowest BCUT2D eigenvalue weighted by Gasteiger charge is -2.24. The molecular formula is C27H28ClFN4O2S. The monoisotopic (exact) mass is 526 g/mol. The number of aromatic nitrogens is 2. The van der Waals surface area contributed by atoms with E-state index in [0.29, 0.717) is 16.5 Å². The van der Waals surface area contributed by atoms with Crippen LogP contribution in [0.3, 0.4) is 0 Å². The van der Waals surface area contributed by atoms with Crippen molar-refractivity contribution in [2.75, 3.05) is 17.2 Å². The first-order valence-corrected chi connectivity index (χ1v) is 13.4. The summed E-state index contributed by atoms with van der Waals surface area (Å²) in [5.74, 6) is -0.126. The summed E-state index contributed by atoms with van der Waals surface area (Å²) >= 11 is 8.03. The van der Waals surface area contributed by atoms with E-state index in [-0.39, 0.29) is 41.2 Å². The van der Waals surface area contributed by atoms with E-state index in [4.69, 9.17) is 16.7 Å². The summed E-state index contributed by atoms with van der Waals surface area (Å²) < 4.78 is 16.0. The van der Waals surface area contributed by atoms with Gasteiger partial charge in [0.15, 0.2) is 0 Å². The predicted octanol–water partition coefficient (Wildman–Crippen LogP) is 5.41. The Hall–Kier alpha value is -2.84. The molecule has 36 heavy (non-hydrogen) atoms. The molecule has 2 aromatic carbocycles. The minimum Gasteiger partial charge on any atom is -0.352 e. The molecule has 1 aromatic heterocycles. The quantitative estimate of drug-likeness (QED) is 0.482. The van der Waals surface area contributed by atoms with Gasteiger partial charge in [0, 0.05) is 17.0 Å². The minimum atomic E-state index is -0.405. The topological polar surface area (TPSA) is 67.2 Å². The number of thioether (sulfide) groups is 1. The molecule has 1 N–H and O–H groups in total. The molecule has 5 rings (SSSR count). The summed E-state index contributed by atoms with van der Waals surface area (Å²) in [7, 11) is 0. The van der Waals surface area contributed by atoms with Crippen LogP contribution in [0.25, 0.3) is 5.69 Å². The van der Waals surface area contributed by atoms with E-state index in [1.54, 1.807) is 16.8 Å². The zero-order valence-corrected chi connectivity index (χ0v) is 22.0. The largest absolute Gasteiger partial charge is 0.352 e. The van der Waals surface area contributed by atoms with Gasteiger partial charge in [-0.3, -0.25) is 14.5 Å². The predicted molar refractivity (Wildman–Crippen MR) is 141 cm³/mol. The number of nitrogens with zero attached hydrogens (tertiary/aromatic N) is 3. The Bertz CT molecular complexity index is 1330. The summed E-state index contributed by atoms with van der Waals surface area (Å²) in [6.07, 6.45) is 1.91. The van der Waals surface area contributed by atoms with Crippen LogP contribution in [0.15, 0.2) is 48.5 Å². The number of carbonyl (C=O) groups excluding carboxylic acids is 2. The molecule has 0 spiro atoms. The van der Waals surface area contributed by atoms with Crippen molar-refractivity contribution >= 4 is 41.0 Å². The summed E-state index contributed by atoms with van der Waals surface area (Å²) in [5, 5.41) is 8.09. The molecule has 1 fully saturated rings. The van der Waals surface area contributed by atoms with Gasteiger partial charge in [-0.15, -0.1) is 11.8 Å². The van der Waals surface area contributed by atoms with Crippen molar-refractivity contribution in [1.29, 1.82) is 0 Å². The molecule has 188 valence electrons. The number of rotatable bonds is 5. The SMILES string of the molecule is CC(C)(C)c1nn(-c2ccccc2Cl)c2c1C(c1cccc(F)c1)SCC(=O)N2CC(=O)NC1CC1. The highest BCUT2D eigenvalue weighted by Crippen LogP contribution is 2.48. The smallest absolute Gasteiger partial charge is 0.240 e. The van der Waals surface area contributed by atoms with Crippen LogP contribution in [0.2, 0.25) is 5.02 Å². The number of nitrogens with one attached hydrogen (secondary N) is 1. The molecule has 1 aliphatic carbocycles.